The molecule has 0 bridgehead atoms. The predicted octanol–water partition coefficient (Wildman–Crippen LogP) is 10.6. The van der Waals surface area contributed by atoms with Gasteiger partial charge >= 0.3 is 25.7 Å². The molecule has 370 valence electrons. The van der Waals surface area contributed by atoms with Gasteiger partial charge in [-0.2, -0.15) is 0 Å². The van der Waals surface area contributed by atoms with E-state index < -0.39 is 62.4 Å². The second-order valence-electron chi connectivity index (χ2n) is 17.3. The summed E-state index contributed by atoms with van der Waals surface area (Å²) in [5, 5.41) is 19.5. The molecule has 0 aliphatic carbocycles. The molecule has 0 aromatic heterocycles. The molecule has 0 fully saturated rings. The first-order chi connectivity index (χ1) is 30.6. The average molecular weight is 944 g/mol. The van der Waals surface area contributed by atoms with Gasteiger partial charge in [-0.15, -0.1) is 11.8 Å². The standard InChI is InChI=1S/C49H87N2O11PS/c1-6-8-10-12-14-16-18-20-21-22-24-26-28-30-32-37-48(55)59-40-43(41-61-63(57,58)60-39-38-51(3,4)5)62-49(56)44(50)42-64-46(45(52)34-33-36-47(53)54)35-31-29-27-25-23-19-17-15-13-11-9-7-2/h15-18,23,25,27,29,31,35,43-46,52H,6-14,19-22,24,26,28,30,32-34,36-42,50H2,1-5H3,(H-,53,54,57,58)/p+1/b17-15-,18-16-,25-23-,29-27+,35-31+/t43-,44+,45+,46-/m1/s1. The summed E-state index contributed by atoms with van der Waals surface area (Å²) in [5.41, 5.74) is 6.25. The minimum Gasteiger partial charge on any atom is -0.481 e. The predicted molar refractivity (Wildman–Crippen MR) is 262 cm³/mol. The fourth-order valence-corrected chi connectivity index (χ4v) is 7.95. The van der Waals surface area contributed by atoms with Crippen LogP contribution in [-0.4, -0.2) is 114 Å². The molecule has 0 aromatic rings. The van der Waals surface area contributed by atoms with E-state index in [0.717, 1.165) is 44.9 Å². The molecule has 1 unspecified atom stereocenters. The highest BCUT2D eigenvalue weighted by Gasteiger charge is 2.29. The van der Waals surface area contributed by atoms with Crippen LogP contribution in [-0.2, 0) is 37.5 Å². The van der Waals surface area contributed by atoms with Crippen molar-refractivity contribution in [1.82, 2.24) is 0 Å². The molecule has 0 amide bonds. The first-order valence-corrected chi connectivity index (χ1v) is 26.5. The van der Waals surface area contributed by atoms with Crippen molar-refractivity contribution in [3.8, 4) is 0 Å². The maximum Gasteiger partial charge on any atom is 0.472 e. The van der Waals surface area contributed by atoms with Gasteiger partial charge in [-0.25, -0.2) is 4.57 Å². The van der Waals surface area contributed by atoms with Crippen molar-refractivity contribution in [2.45, 2.75) is 179 Å². The third kappa shape index (κ3) is 40.9. The van der Waals surface area contributed by atoms with Crippen LogP contribution in [0.15, 0.2) is 60.8 Å². The summed E-state index contributed by atoms with van der Waals surface area (Å²) < 4.78 is 34.4. The number of aliphatic carboxylic acids is 1. The molecule has 0 saturated carbocycles. The highest BCUT2D eigenvalue weighted by atomic mass is 32.2. The number of aliphatic hydroxyl groups excluding tert-OH is 1. The highest BCUT2D eigenvalue weighted by molar-refractivity contribution is 8.00. The van der Waals surface area contributed by atoms with Crippen molar-refractivity contribution in [1.29, 1.82) is 0 Å². The lowest BCUT2D eigenvalue weighted by Crippen LogP contribution is -2.40. The molecular formula is C49H88N2O11PS+. The van der Waals surface area contributed by atoms with Gasteiger partial charge in [0.15, 0.2) is 6.10 Å². The number of ether oxygens (including phenoxy) is 2. The van der Waals surface area contributed by atoms with Gasteiger partial charge in [0, 0.05) is 23.8 Å². The number of rotatable bonds is 43. The Morgan fingerprint density at radius 1 is 0.719 bits per heavy atom. The Morgan fingerprint density at radius 3 is 1.94 bits per heavy atom. The smallest absolute Gasteiger partial charge is 0.472 e. The molecule has 5 N–H and O–H groups in total. The number of carbonyl (C=O) groups excluding carboxylic acids is 2. The topological polar surface area (TPSA) is 192 Å². The third-order valence-corrected chi connectivity index (χ3v) is 12.4. The van der Waals surface area contributed by atoms with E-state index in [1.165, 1.54) is 76.0 Å². The quantitative estimate of drug-likeness (QED) is 0.0113. The number of carboxylic acid groups (broad SMARTS) is 1. The van der Waals surface area contributed by atoms with Crippen LogP contribution in [0.2, 0.25) is 0 Å². The summed E-state index contributed by atoms with van der Waals surface area (Å²) in [6.07, 6.45) is 38.8. The zero-order chi connectivity index (χ0) is 47.7. The van der Waals surface area contributed by atoms with E-state index in [-0.39, 0.29) is 38.0 Å². The van der Waals surface area contributed by atoms with Crippen LogP contribution in [0.5, 0.6) is 0 Å². The number of unbranched alkanes of at least 4 members (excludes halogenated alkanes) is 14. The molecule has 13 nitrogen and oxygen atoms in total. The van der Waals surface area contributed by atoms with Crippen molar-refractivity contribution in [2.75, 3.05) is 53.3 Å². The lowest BCUT2D eigenvalue weighted by molar-refractivity contribution is -0.870. The van der Waals surface area contributed by atoms with Crippen LogP contribution in [0, 0.1) is 0 Å². The van der Waals surface area contributed by atoms with Crippen LogP contribution < -0.4 is 5.73 Å². The Labute approximate surface area is 391 Å². The van der Waals surface area contributed by atoms with Gasteiger partial charge in [0.05, 0.1) is 33.9 Å². The molecule has 15 heteroatoms. The number of nitrogens with two attached hydrogens (primary N) is 1. The van der Waals surface area contributed by atoms with Gasteiger partial charge in [0.2, 0.25) is 0 Å². The summed E-state index contributed by atoms with van der Waals surface area (Å²) in [6.45, 7) is 3.78. The van der Waals surface area contributed by atoms with E-state index >= 15 is 0 Å². The Bertz CT molecular complexity index is 1400. The molecule has 0 aliphatic rings. The fraction of sp³-hybridized carbons (Fsp3) is 0.735. The maximum absolute atomic E-state index is 13.2. The van der Waals surface area contributed by atoms with Crippen LogP contribution >= 0.6 is 19.6 Å². The fourth-order valence-electron chi connectivity index (χ4n) is 6.08. The van der Waals surface area contributed by atoms with E-state index in [2.05, 4.69) is 38.2 Å². The first kappa shape index (κ1) is 61.5. The van der Waals surface area contributed by atoms with E-state index in [9.17, 15) is 28.9 Å². The van der Waals surface area contributed by atoms with E-state index in [1.54, 1.807) is 12.2 Å². The van der Waals surface area contributed by atoms with E-state index in [4.69, 9.17) is 29.4 Å². The molecule has 0 rings (SSSR count). The van der Waals surface area contributed by atoms with E-state index in [0.29, 0.717) is 17.4 Å². The minimum atomic E-state index is -4.54. The lowest BCUT2D eigenvalue weighted by Gasteiger charge is -2.25. The van der Waals surface area contributed by atoms with Crippen molar-refractivity contribution >= 4 is 37.5 Å². The van der Waals surface area contributed by atoms with E-state index in [1.807, 2.05) is 45.4 Å². The number of allylic oxidation sites excluding steroid dienone is 9. The number of esters is 2. The number of carboxylic acids is 1. The molecule has 0 aromatic carbocycles. The van der Waals surface area contributed by atoms with Gasteiger partial charge in [0.1, 0.15) is 25.8 Å². The molecule has 5 atom stereocenters. The number of carbonyl (C=O) groups is 3. The zero-order valence-electron chi connectivity index (χ0n) is 40.2. The maximum atomic E-state index is 13.2. The van der Waals surface area contributed by atoms with Crippen LogP contribution in [0.3, 0.4) is 0 Å². The number of quaternary nitrogens is 1. The molecule has 0 saturated heterocycles. The van der Waals surface area contributed by atoms with Crippen LogP contribution in [0.25, 0.3) is 0 Å². The number of nitrogens with zero attached hydrogens (tertiary/aromatic N) is 1. The molecule has 0 aliphatic heterocycles. The lowest BCUT2D eigenvalue weighted by atomic mass is 10.1. The van der Waals surface area contributed by atoms with Crippen molar-refractivity contribution in [3.63, 3.8) is 0 Å². The van der Waals surface area contributed by atoms with Gasteiger partial charge < -0.3 is 34.8 Å². The van der Waals surface area contributed by atoms with Gasteiger partial charge in [0.25, 0.3) is 0 Å². The largest absolute Gasteiger partial charge is 0.481 e. The number of hydrogen-bond donors (Lipinski definition) is 4. The highest BCUT2D eigenvalue weighted by Crippen LogP contribution is 2.43. The minimum absolute atomic E-state index is 0.0221. The second kappa shape index (κ2) is 40.7. The number of likely N-dealkylation sites (N-methyl/N-ethyl adjacent to an activating group) is 1. The number of thioether (sulfide) groups is 1. The Kier molecular flexibility index (Phi) is 39.1. The normalized spacial score (nSPS) is 15.4. The summed E-state index contributed by atoms with van der Waals surface area (Å²) >= 11 is 1.21. The third-order valence-electron chi connectivity index (χ3n) is 10.0. The van der Waals surface area contributed by atoms with Gasteiger partial charge in [-0.1, -0.05) is 139 Å². The number of aliphatic hydroxyl groups is 1. The number of hydrogen-bond acceptors (Lipinski definition) is 11. The monoisotopic (exact) mass is 944 g/mol. The Hall–Kier alpha value is -2.55. The molecule has 0 spiro atoms. The first-order valence-electron chi connectivity index (χ1n) is 24.0. The summed E-state index contributed by atoms with van der Waals surface area (Å²) in [5.74, 6) is -2.28. The molecular weight excluding hydrogens is 856 g/mol. The van der Waals surface area contributed by atoms with Crippen molar-refractivity contribution < 1.29 is 57.1 Å². The summed E-state index contributed by atoms with van der Waals surface area (Å²) in [4.78, 5) is 47.3. The Morgan fingerprint density at radius 2 is 1.30 bits per heavy atom. The number of phosphoric ester groups is 1. The van der Waals surface area contributed by atoms with Gasteiger partial charge in [-0.3, -0.25) is 23.4 Å². The summed E-state index contributed by atoms with van der Waals surface area (Å²) in [7, 11) is 1.17. The molecule has 0 heterocycles. The Balaban J connectivity index is 5.25. The van der Waals surface area contributed by atoms with Crippen LogP contribution in [0.4, 0.5) is 0 Å². The van der Waals surface area contributed by atoms with Crippen molar-refractivity contribution in [2.24, 2.45) is 5.73 Å². The molecule has 0 radical (unpaired) electrons. The summed E-state index contributed by atoms with van der Waals surface area (Å²) in [6, 6.07) is -1.18. The van der Waals surface area contributed by atoms with Crippen molar-refractivity contribution in [3.05, 3.63) is 60.8 Å². The average Bonchev–Trinajstić information content (AvgIpc) is 3.23. The van der Waals surface area contributed by atoms with Gasteiger partial charge in [-0.05, 0) is 64.2 Å². The van der Waals surface area contributed by atoms with Crippen LogP contribution in [0.1, 0.15) is 155 Å². The number of phosphoric acid groups is 1. The molecule has 64 heavy (non-hydrogen) atoms. The second-order valence-corrected chi connectivity index (χ2v) is 20.0. The SMILES string of the molecule is CCCCC/C=C\C\C=C/C=C/C=C/[C@@H](SC[C@H](N)C(=O)O[C@H](COC(=O)CCCCCCCCC/C=C\CCCCCC)COP(=O)(O)OCC[N+](C)(C)C)[C@@H](O)CCCC(=O)O. The zero-order valence-corrected chi connectivity index (χ0v) is 41.9.